The second-order valence-electron chi connectivity index (χ2n) is 4.71. The first-order chi connectivity index (χ1) is 10.7. The van der Waals surface area contributed by atoms with Crippen LogP contribution in [0.1, 0.15) is 0 Å². The van der Waals surface area contributed by atoms with E-state index in [0.29, 0.717) is 49.3 Å². The second kappa shape index (κ2) is 6.18. The number of nitrogens with one attached hydrogen (secondary N) is 1. The van der Waals surface area contributed by atoms with Gasteiger partial charge in [0.05, 0.1) is 20.3 Å². The molecule has 0 saturated carbocycles. The van der Waals surface area contributed by atoms with E-state index in [2.05, 4.69) is 25.1 Å². The monoisotopic (exact) mass is 302 g/mol. The molecule has 0 bridgehead atoms. The van der Waals surface area contributed by atoms with Crippen LogP contribution in [0.25, 0.3) is 5.65 Å². The molecule has 3 rings (SSSR count). The molecule has 1 N–H and O–H groups in total. The molecule has 22 heavy (non-hydrogen) atoms. The fourth-order valence-corrected chi connectivity index (χ4v) is 2.13. The maximum Gasteiger partial charge on any atom is 0.325 e. The molecule has 2 radical (unpaired) electrons. The summed E-state index contributed by atoms with van der Waals surface area (Å²) in [6.07, 6.45) is 1.50. The molecule has 2 aromatic heterocycles. The molecule has 2 aromatic rings. The summed E-state index contributed by atoms with van der Waals surface area (Å²) in [4.78, 5) is 22.2. The molecule has 0 unspecified atom stereocenters. The van der Waals surface area contributed by atoms with Gasteiger partial charge in [-0.1, -0.05) is 0 Å². The molecular formula is C12H15BN6O3. The first kappa shape index (κ1) is 14.6. The molecule has 1 saturated heterocycles. The third kappa shape index (κ3) is 2.82. The van der Waals surface area contributed by atoms with Crippen LogP contribution in [0.3, 0.4) is 0 Å². The minimum atomic E-state index is -0.403. The lowest BCUT2D eigenvalue weighted by Crippen LogP contribution is -2.37. The third-order valence-corrected chi connectivity index (χ3v) is 3.30. The van der Waals surface area contributed by atoms with Crippen LogP contribution < -0.4 is 15.7 Å². The minimum absolute atomic E-state index is 0.0229. The quantitative estimate of drug-likeness (QED) is 0.530. The summed E-state index contributed by atoms with van der Waals surface area (Å²) >= 11 is 0. The number of aromatic nitrogens is 4. The predicted molar refractivity (Wildman–Crippen MR) is 79.7 cm³/mol. The Hall–Kier alpha value is -2.36. The van der Waals surface area contributed by atoms with Crippen molar-refractivity contribution in [3.8, 4) is 0 Å². The zero-order chi connectivity index (χ0) is 15.5. The van der Waals surface area contributed by atoms with E-state index in [4.69, 9.17) is 12.6 Å². The Morgan fingerprint density at radius 1 is 1.45 bits per heavy atom. The van der Waals surface area contributed by atoms with Crippen LogP contribution in [0.4, 0.5) is 11.9 Å². The summed E-state index contributed by atoms with van der Waals surface area (Å²) in [6.45, 7) is 2.61. The molecule has 10 heteroatoms. The standard InChI is InChI=1S/C12H15BN6O3/c1-21-9(20)7-14-11-17-12(18-2-4-22-5-3-18)16-10-8(13)6-15-19(10)11/h6H,2-5,7H2,1H3,(H,14,16,17). The normalized spacial score (nSPS) is 15.0. The van der Waals surface area contributed by atoms with Gasteiger partial charge in [-0.15, -0.1) is 0 Å². The molecule has 0 atom stereocenters. The first-order valence-corrected chi connectivity index (χ1v) is 6.83. The number of ether oxygens (including phenoxy) is 2. The van der Waals surface area contributed by atoms with Crippen LogP contribution in [-0.2, 0) is 14.3 Å². The number of carbonyl (C=O) groups excluding carboxylic acids is 1. The van der Waals surface area contributed by atoms with Crippen LogP contribution >= 0.6 is 0 Å². The van der Waals surface area contributed by atoms with Gasteiger partial charge in [0, 0.05) is 19.3 Å². The zero-order valence-corrected chi connectivity index (χ0v) is 12.2. The fraction of sp³-hybridized carbons (Fsp3) is 0.500. The number of fused-ring (bicyclic) bond motifs is 1. The average Bonchev–Trinajstić information content (AvgIpc) is 2.94. The van der Waals surface area contributed by atoms with Crippen LogP contribution in [-0.4, -0.2) is 73.4 Å². The van der Waals surface area contributed by atoms with Gasteiger partial charge in [-0.2, -0.15) is 19.6 Å². The van der Waals surface area contributed by atoms with Gasteiger partial charge in [0.15, 0.2) is 5.65 Å². The van der Waals surface area contributed by atoms with Crippen molar-refractivity contribution < 1.29 is 14.3 Å². The van der Waals surface area contributed by atoms with Crippen molar-refractivity contribution in [2.75, 3.05) is 50.2 Å². The largest absolute Gasteiger partial charge is 0.468 e. The Bertz CT molecular complexity index is 685. The number of morpholine rings is 1. The first-order valence-electron chi connectivity index (χ1n) is 6.83. The van der Waals surface area contributed by atoms with Gasteiger partial charge in [0.2, 0.25) is 11.9 Å². The van der Waals surface area contributed by atoms with Crippen LogP contribution in [0, 0.1) is 0 Å². The fourth-order valence-electron chi connectivity index (χ4n) is 2.13. The number of hydrogen-bond acceptors (Lipinski definition) is 8. The molecular weight excluding hydrogens is 287 g/mol. The lowest BCUT2D eigenvalue weighted by molar-refractivity contribution is -0.138. The highest BCUT2D eigenvalue weighted by Crippen LogP contribution is 2.14. The van der Waals surface area contributed by atoms with Gasteiger partial charge in [0.1, 0.15) is 14.4 Å². The van der Waals surface area contributed by atoms with Crippen molar-refractivity contribution in [3.63, 3.8) is 0 Å². The summed E-state index contributed by atoms with van der Waals surface area (Å²) in [5, 5.41) is 7.01. The second-order valence-corrected chi connectivity index (χ2v) is 4.71. The summed E-state index contributed by atoms with van der Waals surface area (Å²) in [6, 6.07) is 0. The van der Waals surface area contributed by atoms with E-state index in [1.54, 1.807) is 0 Å². The summed E-state index contributed by atoms with van der Waals surface area (Å²) in [5.41, 5.74) is 0.932. The number of esters is 1. The molecule has 3 heterocycles. The maximum atomic E-state index is 11.3. The van der Waals surface area contributed by atoms with E-state index in [9.17, 15) is 4.79 Å². The van der Waals surface area contributed by atoms with E-state index in [0.717, 1.165) is 0 Å². The van der Waals surface area contributed by atoms with Crippen LogP contribution in [0.2, 0.25) is 0 Å². The Balaban J connectivity index is 1.95. The highest BCUT2D eigenvalue weighted by molar-refractivity contribution is 6.36. The molecule has 1 aliphatic heterocycles. The summed E-state index contributed by atoms with van der Waals surface area (Å²) in [5.74, 6) is 0.503. The van der Waals surface area contributed by atoms with E-state index in [-0.39, 0.29) is 6.54 Å². The number of anilines is 2. The number of rotatable bonds is 4. The van der Waals surface area contributed by atoms with Gasteiger partial charge >= 0.3 is 5.97 Å². The molecule has 0 aliphatic carbocycles. The third-order valence-electron chi connectivity index (χ3n) is 3.30. The minimum Gasteiger partial charge on any atom is -0.468 e. The average molecular weight is 302 g/mol. The Morgan fingerprint density at radius 2 is 2.23 bits per heavy atom. The molecule has 0 spiro atoms. The van der Waals surface area contributed by atoms with Crippen LogP contribution in [0.15, 0.2) is 6.20 Å². The SMILES string of the molecule is [B]c1cnn2c(NCC(=O)OC)nc(N3CCOCC3)nc12. The van der Waals surface area contributed by atoms with Crippen molar-refractivity contribution in [2.45, 2.75) is 0 Å². The van der Waals surface area contributed by atoms with Crippen molar-refractivity contribution in [2.24, 2.45) is 0 Å². The van der Waals surface area contributed by atoms with E-state index in [1.165, 1.54) is 17.8 Å². The summed E-state index contributed by atoms with van der Waals surface area (Å²) < 4.78 is 11.4. The molecule has 0 aromatic carbocycles. The highest BCUT2D eigenvalue weighted by atomic mass is 16.5. The molecule has 0 amide bonds. The molecule has 9 nitrogen and oxygen atoms in total. The number of methoxy groups -OCH3 is 1. The molecule has 1 aliphatic rings. The van der Waals surface area contributed by atoms with Gasteiger partial charge in [-0.05, 0) is 5.46 Å². The van der Waals surface area contributed by atoms with E-state index < -0.39 is 5.97 Å². The van der Waals surface area contributed by atoms with E-state index >= 15 is 0 Å². The van der Waals surface area contributed by atoms with Gasteiger partial charge in [-0.3, -0.25) is 4.79 Å². The number of carbonyl (C=O) groups is 1. The van der Waals surface area contributed by atoms with Crippen LogP contribution in [0.5, 0.6) is 0 Å². The van der Waals surface area contributed by atoms with Crippen molar-refractivity contribution >= 4 is 36.8 Å². The lowest BCUT2D eigenvalue weighted by Gasteiger charge is -2.27. The van der Waals surface area contributed by atoms with Crippen molar-refractivity contribution in [1.29, 1.82) is 0 Å². The molecule has 1 fully saturated rings. The van der Waals surface area contributed by atoms with Crippen molar-refractivity contribution in [1.82, 2.24) is 19.6 Å². The smallest absolute Gasteiger partial charge is 0.325 e. The lowest BCUT2D eigenvalue weighted by atomic mass is 10.0. The molecule has 114 valence electrons. The Labute approximate surface area is 128 Å². The topological polar surface area (TPSA) is 93.9 Å². The van der Waals surface area contributed by atoms with Crippen molar-refractivity contribution in [3.05, 3.63) is 6.20 Å². The summed E-state index contributed by atoms with van der Waals surface area (Å²) in [7, 11) is 7.21. The van der Waals surface area contributed by atoms with E-state index in [1.807, 2.05) is 4.90 Å². The predicted octanol–water partition coefficient (Wildman–Crippen LogP) is -1.66. The van der Waals surface area contributed by atoms with Gasteiger partial charge in [0.25, 0.3) is 0 Å². The van der Waals surface area contributed by atoms with Gasteiger partial charge in [-0.25, -0.2) is 0 Å². The zero-order valence-electron chi connectivity index (χ0n) is 12.2. The highest BCUT2D eigenvalue weighted by Gasteiger charge is 2.18. The Kier molecular flexibility index (Phi) is 4.10. The van der Waals surface area contributed by atoms with Gasteiger partial charge < -0.3 is 19.7 Å². The Morgan fingerprint density at radius 3 is 2.95 bits per heavy atom. The number of nitrogens with zero attached hydrogens (tertiary/aromatic N) is 5. The maximum absolute atomic E-state index is 11.3. The number of hydrogen-bond donors (Lipinski definition) is 1.